The molecule has 0 radical (unpaired) electrons. The molecule has 1 aliphatic heterocycles. The minimum Gasteiger partial charge on any atom is -0.508 e. The van der Waals surface area contributed by atoms with Gasteiger partial charge in [-0.25, -0.2) is 0 Å². The van der Waals surface area contributed by atoms with Gasteiger partial charge in [0.1, 0.15) is 11.4 Å². The summed E-state index contributed by atoms with van der Waals surface area (Å²) in [6.45, 7) is 6.33. The maximum Gasteiger partial charge on any atom is 0.258 e. The van der Waals surface area contributed by atoms with E-state index in [4.69, 9.17) is 0 Å². The normalized spacial score (nSPS) is 19.5. The van der Waals surface area contributed by atoms with Crippen molar-refractivity contribution in [3.05, 3.63) is 72.3 Å². The molecule has 0 fully saturated rings. The van der Waals surface area contributed by atoms with Crippen LogP contribution in [0.1, 0.15) is 29.3 Å². The lowest BCUT2D eigenvalue weighted by Crippen LogP contribution is -2.58. The summed E-state index contributed by atoms with van der Waals surface area (Å²) in [4.78, 5) is 14.7. The highest BCUT2D eigenvalue weighted by Crippen LogP contribution is 2.33. The van der Waals surface area contributed by atoms with Crippen LogP contribution >= 0.6 is 0 Å². The molecule has 0 bridgehead atoms. The molecule has 2 aromatic rings. The third-order valence-electron chi connectivity index (χ3n) is 4.55. The van der Waals surface area contributed by atoms with Crippen molar-refractivity contribution in [3.63, 3.8) is 0 Å². The molecule has 0 aliphatic carbocycles. The molecule has 1 heterocycles. The molecule has 1 amide bonds. The molecule has 2 aromatic carbocycles. The van der Waals surface area contributed by atoms with Crippen molar-refractivity contribution >= 4 is 11.6 Å². The van der Waals surface area contributed by atoms with Crippen molar-refractivity contribution in [2.45, 2.75) is 25.4 Å². The van der Waals surface area contributed by atoms with Gasteiger partial charge in [0.25, 0.3) is 5.91 Å². The third kappa shape index (κ3) is 3.00. The number of aryl methyl sites for hydroxylation is 1. The topological polar surface area (TPSA) is 52.6 Å². The molecule has 124 valence electrons. The Labute approximate surface area is 142 Å². The third-order valence-corrected chi connectivity index (χ3v) is 4.55. The number of hydrogen-bond acceptors (Lipinski definition) is 3. The molecule has 0 aromatic heterocycles. The Bertz CT molecular complexity index is 754. The fraction of sp³-hybridized carbons (Fsp3) is 0.250. The summed E-state index contributed by atoms with van der Waals surface area (Å²) < 4.78 is 0. The number of fused-ring (bicyclic) bond motifs is 1. The number of nitrogens with zero attached hydrogens (tertiary/aromatic N) is 1. The molecule has 1 atom stereocenters. The zero-order valence-electron chi connectivity index (χ0n) is 13.8. The molecule has 0 saturated carbocycles. The standard InChI is InChI=1S/C20H22N2O2/c1-3-14-22-19(24)17-6-4-5-7-18(17)21-20(22,2)13-12-15-8-10-16(23)11-9-15/h3-11,21,23H,1,12-14H2,2H3. The predicted molar refractivity (Wildman–Crippen MR) is 96.1 cm³/mol. The fourth-order valence-electron chi connectivity index (χ4n) is 3.17. The van der Waals surface area contributed by atoms with Crippen molar-refractivity contribution in [1.82, 2.24) is 4.90 Å². The van der Waals surface area contributed by atoms with Gasteiger partial charge in [-0.2, -0.15) is 0 Å². The average molecular weight is 322 g/mol. The van der Waals surface area contributed by atoms with E-state index in [2.05, 4.69) is 11.9 Å². The van der Waals surface area contributed by atoms with Crippen molar-refractivity contribution in [3.8, 4) is 5.75 Å². The molecule has 3 rings (SSSR count). The number of amides is 1. The zero-order valence-corrected chi connectivity index (χ0v) is 13.8. The first-order valence-corrected chi connectivity index (χ1v) is 8.11. The second kappa shape index (κ2) is 6.40. The Morgan fingerprint density at radius 1 is 1.21 bits per heavy atom. The van der Waals surface area contributed by atoms with Gasteiger partial charge < -0.3 is 15.3 Å². The van der Waals surface area contributed by atoms with Gasteiger partial charge in [-0.3, -0.25) is 4.79 Å². The van der Waals surface area contributed by atoms with Gasteiger partial charge in [-0.15, -0.1) is 6.58 Å². The summed E-state index contributed by atoms with van der Waals surface area (Å²) in [5.74, 6) is 0.288. The van der Waals surface area contributed by atoms with Crippen LogP contribution in [0.25, 0.3) is 0 Å². The van der Waals surface area contributed by atoms with E-state index in [9.17, 15) is 9.90 Å². The number of anilines is 1. The van der Waals surface area contributed by atoms with Gasteiger partial charge in [0, 0.05) is 12.2 Å². The lowest BCUT2D eigenvalue weighted by molar-refractivity contribution is 0.0562. The number of hydrogen-bond donors (Lipinski definition) is 2. The van der Waals surface area contributed by atoms with E-state index in [-0.39, 0.29) is 11.7 Å². The first kappa shape index (κ1) is 16.1. The van der Waals surface area contributed by atoms with Gasteiger partial charge in [0.15, 0.2) is 0 Å². The molecule has 0 spiro atoms. The van der Waals surface area contributed by atoms with E-state index in [1.165, 1.54) is 0 Å². The Hall–Kier alpha value is -2.75. The minimum absolute atomic E-state index is 0.0254. The van der Waals surface area contributed by atoms with Crippen LogP contribution in [0.5, 0.6) is 5.75 Å². The van der Waals surface area contributed by atoms with E-state index >= 15 is 0 Å². The largest absolute Gasteiger partial charge is 0.508 e. The summed E-state index contributed by atoms with van der Waals surface area (Å²) in [6, 6.07) is 14.8. The second-order valence-electron chi connectivity index (χ2n) is 6.32. The smallest absolute Gasteiger partial charge is 0.258 e. The van der Waals surface area contributed by atoms with Crippen LogP contribution in [0, 0.1) is 0 Å². The minimum atomic E-state index is -0.489. The quantitative estimate of drug-likeness (QED) is 0.823. The molecule has 4 nitrogen and oxygen atoms in total. The SMILES string of the molecule is C=CCN1C(=O)c2ccccc2NC1(C)CCc1ccc(O)cc1. The number of carbonyl (C=O) groups is 1. The van der Waals surface area contributed by atoms with Crippen LogP contribution in [0.4, 0.5) is 5.69 Å². The van der Waals surface area contributed by atoms with Gasteiger partial charge in [-0.1, -0.05) is 30.3 Å². The van der Waals surface area contributed by atoms with Gasteiger partial charge in [0.05, 0.1) is 5.56 Å². The molecular weight excluding hydrogens is 300 g/mol. The van der Waals surface area contributed by atoms with Crippen molar-refractivity contribution < 1.29 is 9.90 Å². The summed E-state index contributed by atoms with van der Waals surface area (Å²) in [5.41, 5.74) is 2.20. The highest BCUT2D eigenvalue weighted by molar-refractivity contribution is 6.02. The predicted octanol–water partition coefficient (Wildman–Crippen LogP) is 3.79. The van der Waals surface area contributed by atoms with Crippen molar-refractivity contribution in [2.24, 2.45) is 0 Å². The van der Waals surface area contributed by atoms with E-state index in [1.54, 1.807) is 18.2 Å². The molecule has 1 aliphatic rings. The van der Waals surface area contributed by atoms with E-state index in [0.717, 1.165) is 24.1 Å². The van der Waals surface area contributed by atoms with Crippen LogP contribution in [0.3, 0.4) is 0 Å². The number of phenolic OH excluding ortho intramolecular Hbond substituents is 1. The molecule has 2 N–H and O–H groups in total. The molecule has 24 heavy (non-hydrogen) atoms. The Kier molecular flexibility index (Phi) is 4.30. The maximum absolute atomic E-state index is 12.9. The highest BCUT2D eigenvalue weighted by Gasteiger charge is 2.39. The Balaban J connectivity index is 1.86. The number of para-hydroxylation sites is 1. The van der Waals surface area contributed by atoms with Gasteiger partial charge in [-0.05, 0) is 49.6 Å². The van der Waals surface area contributed by atoms with Gasteiger partial charge >= 0.3 is 0 Å². The average Bonchev–Trinajstić information content (AvgIpc) is 2.58. The van der Waals surface area contributed by atoms with E-state index in [0.29, 0.717) is 12.1 Å². The van der Waals surface area contributed by atoms with Gasteiger partial charge in [0.2, 0.25) is 0 Å². The highest BCUT2D eigenvalue weighted by atomic mass is 16.3. The lowest BCUT2D eigenvalue weighted by atomic mass is 9.94. The number of carbonyl (C=O) groups excluding carboxylic acids is 1. The Morgan fingerprint density at radius 2 is 1.92 bits per heavy atom. The van der Waals surface area contributed by atoms with Crippen LogP contribution in [-0.2, 0) is 6.42 Å². The van der Waals surface area contributed by atoms with Crippen molar-refractivity contribution in [2.75, 3.05) is 11.9 Å². The second-order valence-corrected chi connectivity index (χ2v) is 6.32. The van der Waals surface area contributed by atoms with Crippen LogP contribution in [-0.4, -0.2) is 28.1 Å². The van der Waals surface area contributed by atoms with E-state index in [1.807, 2.05) is 48.2 Å². The summed E-state index contributed by atoms with van der Waals surface area (Å²) in [6.07, 6.45) is 3.31. The lowest BCUT2D eigenvalue weighted by Gasteiger charge is -2.46. The zero-order chi connectivity index (χ0) is 17.2. The van der Waals surface area contributed by atoms with Crippen LogP contribution < -0.4 is 5.32 Å². The molecule has 4 heteroatoms. The summed E-state index contributed by atoms with van der Waals surface area (Å²) >= 11 is 0. The van der Waals surface area contributed by atoms with Crippen LogP contribution in [0.15, 0.2) is 61.2 Å². The van der Waals surface area contributed by atoms with Crippen LogP contribution in [0.2, 0.25) is 0 Å². The summed E-state index contributed by atoms with van der Waals surface area (Å²) in [5, 5.41) is 12.9. The number of nitrogens with one attached hydrogen (secondary N) is 1. The van der Waals surface area contributed by atoms with E-state index < -0.39 is 5.66 Å². The number of aromatic hydroxyl groups is 1. The molecule has 0 saturated heterocycles. The first-order chi connectivity index (χ1) is 11.5. The van der Waals surface area contributed by atoms with Crippen molar-refractivity contribution in [1.29, 1.82) is 0 Å². The maximum atomic E-state index is 12.9. The Morgan fingerprint density at radius 3 is 2.62 bits per heavy atom. The molecule has 1 unspecified atom stereocenters. The monoisotopic (exact) mass is 322 g/mol. The first-order valence-electron chi connectivity index (χ1n) is 8.11. The number of phenols is 1. The summed E-state index contributed by atoms with van der Waals surface area (Å²) in [7, 11) is 0. The fourth-order valence-corrected chi connectivity index (χ4v) is 3.17. The molecular formula is C20H22N2O2. The number of rotatable bonds is 5. The number of benzene rings is 2.